The predicted molar refractivity (Wildman–Crippen MR) is 91.0 cm³/mol. The number of unbranched alkanes of at least 4 members (excludes halogenated alkanes) is 1. The standard InChI is InChI=1S/C20H26O/c1-5-6-14-21-19-13-8-7-12-18(19)16-10-9-11-17(15-16)20(2,3)4/h7-13,15H,5-6,14H2,1-4H3. The summed E-state index contributed by atoms with van der Waals surface area (Å²) >= 11 is 0. The number of benzene rings is 2. The summed E-state index contributed by atoms with van der Waals surface area (Å²) in [5.41, 5.74) is 3.92. The van der Waals surface area contributed by atoms with Crippen LogP contribution in [0, 0.1) is 0 Å². The Morgan fingerprint density at radius 1 is 0.952 bits per heavy atom. The molecule has 0 N–H and O–H groups in total. The average molecular weight is 282 g/mol. The molecule has 0 atom stereocenters. The van der Waals surface area contributed by atoms with E-state index < -0.39 is 0 Å². The molecule has 0 radical (unpaired) electrons. The van der Waals surface area contributed by atoms with Gasteiger partial charge >= 0.3 is 0 Å². The summed E-state index contributed by atoms with van der Waals surface area (Å²) in [5, 5.41) is 0. The van der Waals surface area contributed by atoms with Gasteiger partial charge in [0, 0.05) is 5.56 Å². The van der Waals surface area contributed by atoms with Crippen molar-refractivity contribution in [1.29, 1.82) is 0 Å². The van der Waals surface area contributed by atoms with Gasteiger partial charge in [-0.05, 0) is 29.0 Å². The highest BCUT2D eigenvalue weighted by Gasteiger charge is 2.15. The molecule has 0 unspecified atom stereocenters. The Hall–Kier alpha value is -1.76. The van der Waals surface area contributed by atoms with E-state index in [0.29, 0.717) is 0 Å². The monoisotopic (exact) mass is 282 g/mol. The molecule has 0 bridgehead atoms. The molecule has 0 aliphatic carbocycles. The first kappa shape index (κ1) is 15.6. The van der Waals surface area contributed by atoms with Crippen molar-refractivity contribution in [2.24, 2.45) is 0 Å². The van der Waals surface area contributed by atoms with Gasteiger partial charge in [-0.15, -0.1) is 0 Å². The van der Waals surface area contributed by atoms with Crippen LogP contribution >= 0.6 is 0 Å². The van der Waals surface area contributed by atoms with Crippen molar-refractivity contribution in [3.63, 3.8) is 0 Å². The number of rotatable bonds is 5. The van der Waals surface area contributed by atoms with Gasteiger partial charge in [-0.3, -0.25) is 0 Å². The first-order valence-corrected chi connectivity index (χ1v) is 7.85. The van der Waals surface area contributed by atoms with Crippen molar-refractivity contribution in [2.45, 2.75) is 46.0 Å². The second-order valence-corrected chi connectivity index (χ2v) is 6.53. The number of hydrogen-bond donors (Lipinski definition) is 0. The maximum Gasteiger partial charge on any atom is 0.127 e. The third kappa shape index (κ3) is 4.10. The Labute approximate surface area is 129 Å². The first-order chi connectivity index (χ1) is 10.0. The topological polar surface area (TPSA) is 9.23 Å². The SMILES string of the molecule is CCCCOc1ccccc1-c1cccc(C(C)(C)C)c1. The van der Waals surface area contributed by atoms with Gasteiger partial charge in [0.15, 0.2) is 0 Å². The largest absolute Gasteiger partial charge is 0.493 e. The summed E-state index contributed by atoms with van der Waals surface area (Å²) in [4.78, 5) is 0. The Kier molecular flexibility index (Phi) is 5.06. The maximum absolute atomic E-state index is 5.96. The summed E-state index contributed by atoms with van der Waals surface area (Å²) in [6.07, 6.45) is 2.25. The molecule has 1 nitrogen and oxygen atoms in total. The second-order valence-electron chi connectivity index (χ2n) is 6.53. The summed E-state index contributed by atoms with van der Waals surface area (Å²) in [6.45, 7) is 9.70. The first-order valence-electron chi connectivity index (χ1n) is 7.85. The minimum Gasteiger partial charge on any atom is -0.493 e. The number of para-hydroxylation sites is 1. The van der Waals surface area contributed by atoms with Gasteiger partial charge in [0.2, 0.25) is 0 Å². The Morgan fingerprint density at radius 2 is 1.71 bits per heavy atom. The van der Waals surface area contributed by atoms with Crippen LogP contribution < -0.4 is 4.74 Å². The van der Waals surface area contributed by atoms with Crippen molar-refractivity contribution < 1.29 is 4.74 Å². The van der Waals surface area contributed by atoms with Crippen molar-refractivity contribution >= 4 is 0 Å². The zero-order valence-corrected chi connectivity index (χ0v) is 13.6. The average Bonchev–Trinajstić information content (AvgIpc) is 2.47. The van der Waals surface area contributed by atoms with Crippen LogP contribution in [-0.2, 0) is 5.41 Å². The zero-order chi connectivity index (χ0) is 15.3. The van der Waals surface area contributed by atoms with Crippen LogP contribution in [0.2, 0.25) is 0 Å². The quantitative estimate of drug-likeness (QED) is 0.627. The summed E-state index contributed by atoms with van der Waals surface area (Å²) in [5.74, 6) is 0.983. The summed E-state index contributed by atoms with van der Waals surface area (Å²) in [7, 11) is 0. The normalized spacial score (nSPS) is 11.4. The fourth-order valence-corrected chi connectivity index (χ4v) is 2.31. The van der Waals surface area contributed by atoms with Crippen LogP contribution in [-0.4, -0.2) is 6.61 Å². The fraction of sp³-hybridized carbons (Fsp3) is 0.400. The predicted octanol–water partition coefficient (Wildman–Crippen LogP) is 5.83. The molecule has 0 aliphatic heterocycles. The Morgan fingerprint density at radius 3 is 2.43 bits per heavy atom. The van der Waals surface area contributed by atoms with Gasteiger partial charge in [-0.25, -0.2) is 0 Å². The minimum absolute atomic E-state index is 0.161. The van der Waals surface area contributed by atoms with E-state index in [0.717, 1.165) is 25.2 Å². The highest BCUT2D eigenvalue weighted by Crippen LogP contribution is 2.33. The van der Waals surface area contributed by atoms with Gasteiger partial charge < -0.3 is 4.74 Å². The van der Waals surface area contributed by atoms with E-state index in [9.17, 15) is 0 Å². The highest BCUT2D eigenvalue weighted by atomic mass is 16.5. The molecule has 21 heavy (non-hydrogen) atoms. The van der Waals surface area contributed by atoms with Gasteiger partial charge in [-0.2, -0.15) is 0 Å². The molecule has 0 saturated heterocycles. The van der Waals surface area contributed by atoms with Crippen LogP contribution in [0.3, 0.4) is 0 Å². The molecule has 0 saturated carbocycles. The molecule has 112 valence electrons. The van der Waals surface area contributed by atoms with Gasteiger partial charge in [0.25, 0.3) is 0 Å². The molecular weight excluding hydrogens is 256 g/mol. The Bertz CT molecular complexity index is 578. The zero-order valence-electron chi connectivity index (χ0n) is 13.6. The van der Waals surface area contributed by atoms with E-state index in [-0.39, 0.29) is 5.41 Å². The fourth-order valence-electron chi connectivity index (χ4n) is 2.31. The lowest BCUT2D eigenvalue weighted by molar-refractivity contribution is 0.310. The molecule has 2 aromatic rings. The lowest BCUT2D eigenvalue weighted by Gasteiger charge is -2.20. The molecule has 1 heteroatoms. The van der Waals surface area contributed by atoms with Gasteiger partial charge in [0.05, 0.1) is 6.61 Å². The molecule has 2 rings (SSSR count). The van der Waals surface area contributed by atoms with Crippen LogP contribution in [0.5, 0.6) is 5.75 Å². The van der Waals surface area contributed by atoms with Crippen LogP contribution in [0.25, 0.3) is 11.1 Å². The van der Waals surface area contributed by atoms with E-state index in [1.54, 1.807) is 0 Å². The van der Waals surface area contributed by atoms with E-state index in [1.807, 2.05) is 6.07 Å². The highest BCUT2D eigenvalue weighted by molar-refractivity contribution is 5.71. The molecule has 0 aliphatic rings. The second kappa shape index (κ2) is 6.80. The Balaban J connectivity index is 2.33. The molecule has 0 spiro atoms. The number of ether oxygens (including phenoxy) is 1. The van der Waals surface area contributed by atoms with Crippen molar-refractivity contribution in [1.82, 2.24) is 0 Å². The molecule has 0 fully saturated rings. The molecule has 2 aromatic carbocycles. The van der Waals surface area contributed by atoms with Crippen LogP contribution in [0.4, 0.5) is 0 Å². The van der Waals surface area contributed by atoms with E-state index >= 15 is 0 Å². The third-order valence-electron chi connectivity index (χ3n) is 3.68. The molecule has 0 aromatic heterocycles. The molecule has 0 amide bonds. The van der Waals surface area contributed by atoms with Gasteiger partial charge in [-0.1, -0.05) is 76.6 Å². The van der Waals surface area contributed by atoms with E-state index in [4.69, 9.17) is 4.74 Å². The molecule has 0 heterocycles. The van der Waals surface area contributed by atoms with Crippen molar-refractivity contribution in [3.8, 4) is 16.9 Å². The summed E-state index contributed by atoms with van der Waals surface area (Å²) < 4.78 is 5.96. The lowest BCUT2D eigenvalue weighted by Crippen LogP contribution is -2.10. The van der Waals surface area contributed by atoms with E-state index in [2.05, 4.69) is 70.2 Å². The smallest absolute Gasteiger partial charge is 0.127 e. The van der Waals surface area contributed by atoms with Crippen molar-refractivity contribution in [2.75, 3.05) is 6.61 Å². The molecular formula is C20H26O. The summed E-state index contributed by atoms with van der Waals surface area (Å²) in [6, 6.07) is 17.1. The van der Waals surface area contributed by atoms with Crippen LogP contribution in [0.1, 0.15) is 46.1 Å². The number of hydrogen-bond acceptors (Lipinski definition) is 1. The van der Waals surface area contributed by atoms with Crippen molar-refractivity contribution in [3.05, 3.63) is 54.1 Å². The lowest BCUT2D eigenvalue weighted by atomic mass is 9.85. The van der Waals surface area contributed by atoms with Gasteiger partial charge in [0.1, 0.15) is 5.75 Å². The minimum atomic E-state index is 0.161. The van der Waals surface area contributed by atoms with E-state index in [1.165, 1.54) is 16.7 Å². The van der Waals surface area contributed by atoms with Crippen LogP contribution in [0.15, 0.2) is 48.5 Å². The third-order valence-corrected chi connectivity index (χ3v) is 3.68. The maximum atomic E-state index is 5.96.